The second-order valence-corrected chi connectivity index (χ2v) is 8.11. The van der Waals surface area contributed by atoms with E-state index in [9.17, 15) is 4.79 Å². The van der Waals surface area contributed by atoms with E-state index in [1.807, 2.05) is 53.1 Å². The molecule has 0 radical (unpaired) electrons. The zero-order valence-corrected chi connectivity index (χ0v) is 17.2. The fraction of sp³-hybridized carbons (Fsp3) is 0.0370. The lowest BCUT2D eigenvalue weighted by Gasteiger charge is -2.10. The van der Waals surface area contributed by atoms with Gasteiger partial charge in [0.1, 0.15) is 16.9 Å². The van der Waals surface area contributed by atoms with Gasteiger partial charge in [0, 0.05) is 23.5 Å². The Morgan fingerprint density at radius 3 is 2.70 bits per heavy atom. The molecule has 5 nitrogen and oxygen atoms in total. The van der Waals surface area contributed by atoms with E-state index in [2.05, 4.69) is 4.98 Å². The van der Waals surface area contributed by atoms with E-state index in [1.54, 1.807) is 18.3 Å². The number of aromatic nitrogens is 2. The van der Waals surface area contributed by atoms with Crippen molar-refractivity contribution in [3.63, 3.8) is 0 Å². The second kappa shape index (κ2) is 6.53. The average molecular weight is 434 g/mol. The molecule has 0 fully saturated rings. The predicted molar refractivity (Wildman–Crippen MR) is 126 cm³/mol. The summed E-state index contributed by atoms with van der Waals surface area (Å²) < 4.78 is 28.2. The van der Waals surface area contributed by atoms with Crippen LogP contribution in [0.4, 0.5) is 4.39 Å². The molecule has 0 amide bonds. The minimum absolute atomic E-state index is 0.239. The molecule has 0 N–H and O–H groups in total. The molecule has 158 valence electrons. The maximum absolute atomic E-state index is 15.1. The molecular weight excluding hydrogens is 419 g/mol. The lowest BCUT2D eigenvalue weighted by atomic mass is 10.0. The van der Waals surface area contributed by atoms with Crippen molar-refractivity contribution in [1.29, 1.82) is 0 Å². The average Bonchev–Trinajstić information content (AvgIpc) is 3.44. The summed E-state index contributed by atoms with van der Waals surface area (Å²) in [6.07, 6.45) is 3.04. The topological polar surface area (TPSA) is 61.2 Å². The van der Waals surface area contributed by atoms with Crippen LogP contribution in [0.5, 0.6) is 0 Å². The van der Waals surface area contributed by atoms with Gasteiger partial charge in [-0.05, 0) is 40.6 Å². The van der Waals surface area contributed by atoms with Crippen molar-refractivity contribution in [3.05, 3.63) is 101 Å². The minimum atomic E-state index is -0.521. The number of furan rings is 1. The third kappa shape index (κ3) is 2.46. The molecule has 0 aliphatic rings. The zero-order valence-electron chi connectivity index (χ0n) is 17.2. The summed E-state index contributed by atoms with van der Waals surface area (Å²) in [7, 11) is 0. The van der Waals surface area contributed by atoms with Crippen molar-refractivity contribution in [2.45, 2.75) is 6.54 Å². The van der Waals surface area contributed by atoms with Crippen LogP contribution >= 0.6 is 0 Å². The maximum Gasteiger partial charge on any atom is 0.362 e. The number of hydrogen-bond donors (Lipinski definition) is 0. The van der Waals surface area contributed by atoms with Gasteiger partial charge in [-0.2, -0.15) is 0 Å². The summed E-state index contributed by atoms with van der Waals surface area (Å²) in [5.74, 6) is -0.403. The molecule has 0 saturated heterocycles. The van der Waals surface area contributed by atoms with E-state index in [1.165, 1.54) is 12.3 Å². The Hall–Kier alpha value is -4.45. The van der Waals surface area contributed by atoms with E-state index in [0.29, 0.717) is 44.7 Å². The fourth-order valence-electron chi connectivity index (χ4n) is 4.94. The van der Waals surface area contributed by atoms with Crippen LogP contribution in [-0.4, -0.2) is 9.55 Å². The molecule has 4 aromatic heterocycles. The van der Waals surface area contributed by atoms with Crippen LogP contribution in [-0.2, 0) is 6.54 Å². The van der Waals surface area contributed by atoms with Crippen molar-refractivity contribution >= 4 is 54.6 Å². The van der Waals surface area contributed by atoms with Crippen LogP contribution < -0.4 is 5.63 Å². The molecule has 0 atom stereocenters. The van der Waals surface area contributed by atoms with Crippen molar-refractivity contribution in [3.8, 4) is 0 Å². The van der Waals surface area contributed by atoms with E-state index in [-0.39, 0.29) is 5.71 Å². The number of hydrogen-bond acceptors (Lipinski definition) is 4. The molecule has 0 aliphatic carbocycles. The molecular formula is C27H15FN2O3. The van der Waals surface area contributed by atoms with Gasteiger partial charge in [-0.1, -0.05) is 42.5 Å². The predicted octanol–water partition coefficient (Wildman–Crippen LogP) is 6.38. The Labute approximate surface area is 185 Å². The second-order valence-electron chi connectivity index (χ2n) is 8.11. The summed E-state index contributed by atoms with van der Waals surface area (Å²) in [5.41, 5.74) is 2.07. The van der Waals surface area contributed by atoms with E-state index < -0.39 is 11.4 Å². The first-order valence-corrected chi connectivity index (χ1v) is 10.6. The Morgan fingerprint density at radius 1 is 0.909 bits per heavy atom. The molecule has 33 heavy (non-hydrogen) atoms. The molecule has 3 aromatic carbocycles. The lowest BCUT2D eigenvalue weighted by Crippen LogP contribution is -2.09. The first kappa shape index (κ1) is 18.2. The summed E-state index contributed by atoms with van der Waals surface area (Å²) in [5, 5.41) is 4.55. The third-order valence-corrected chi connectivity index (χ3v) is 6.35. The van der Waals surface area contributed by atoms with Gasteiger partial charge in [0.05, 0.1) is 22.6 Å². The number of benzene rings is 3. The summed E-state index contributed by atoms with van der Waals surface area (Å²) in [6.45, 7) is 0.365. The van der Waals surface area contributed by atoms with Crippen LogP contribution in [0.2, 0.25) is 0 Å². The fourth-order valence-corrected chi connectivity index (χ4v) is 4.94. The van der Waals surface area contributed by atoms with Gasteiger partial charge in [0.25, 0.3) is 0 Å². The van der Waals surface area contributed by atoms with Crippen LogP contribution in [0.15, 0.2) is 92.8 Å². The lowest BCUT2D eigenvalue weighted by molar-refractivity contribution is 0.553. The summed E-state index contributed by atoms with van der Waals surface area (Å²) in [4.78, 5) is 17.5. The number of fused-ring (bicyclic) bond motifs is 8. The zero-order chi connectivity index (χ0) is 22.1. The Morgan fingerprint density at radius 2 is 1.76 bits per heavy atom. The highest BCUT2D eigenvalue weighted by Gasteiger charge is 2.23. The summed E-state index contributed by atoms with van der Waals surface area (Å²) in [6, 6.07) is 20.8. The maximum atomic E-state index is 15.1. The van der Waals surface area contributed by atoms with Gasteiger partial charge < -0.3 is 13.4 Å². The SMILES string of the molecule is O=c1oc2ncccc2c2c3c4occc4c(F)cc3n(Cc3cccc4ccccc34)c12. The molecule has 7 rings (SSSR count). The molecule has 7 aromatic rings. The third-order valence-electron chi connectivity index (χ3n) is 6.35. The highest BCUT2D eigenvalue weighted by molar-refractivity contribution is 6.25. The van der Waals surface area contributed by atoms with Crippen LogP contribution in [0.25, 0.3) is 54.6 Å². The number of halogens is 1. The highest BCUT2D eigenvalue weighted by Crippen LogP contribution is 2.39. The highest BCUT2D eigenvalue weighted by atomic mass is 19.1. The first-order valence-electron chi connectivity index (χ1n) is 10.6. The molecule has 0 saturated carbocycles. The van der Waals surface area contributed by atoms with Crippen molar-refractivity contribution in [2.75, 3.05) is 0 Å². The van der Waals surface area contributed by atoms with Crippen LogP contribution in [0.3, 0.4) is 0 Å². The molecule has 0 aliphatic heterocycles. The normalized spacial score (nSPS) is 12.0. The monoisotopic (exact) mass is 434 g/mol. The van der Waals surface area contributed by atoms with Crippen molar-refractivity contribution < 1.29 is 13.2 Å². The first-order chi connectivity index (χ1) is 16.2. The van der Waals surface area contributed by atoms with E-state index in [4.69, 9.17) is 8.83 Å². The van der Waals surface area contributed by atoms with E-state index in [0.717, 1.165) is 16.3 Å². The standard InChI is InChI=1S/C27H15FN2O3/c28-20-13-21-23(25-18(20)10-12-32-25)22-19-9-4-11-29-26(19)33-27(31)24(22)30(21)14-16-7-3-6-15-5-1-2-8-17(15)16/h1-13H,14H2. The Kier molecular flexibility index (Phi) is 3.59. The molecule has 0 unspecified atom stereocenters. The van der Waals surface area contributed by atoms with Crippen LogP contribution in [0, 0.1) is 5.82 Å². The van der Waals surface area contributed by atoms with Gasteiger partial charge in [-0.15, -0.1) is 0 Å². The van der Waals surface area contributed by atoms with Gasteiger partial charge in [-0.25, -0.2) is 14.2 Å². The molecule has 6 heteroatoms. The Balaban J connectivity index is 1.69. The van der Waals surface area contributed by atoms with Crippen LogP contribution in [0.1, 0.15) is 5.56 Å². The van der Waals surface area contributed by atoms with Gasteiger partial charge >= 0.3 is 5.63 Å². The van der Waals surface area contributed by atoms with Crippen molar-refractivity contribution in [1.82, 2.24) is 9.55 Å². The van der Waals surface area contributed by atoms with Gasteiger partial charge in [-0.3, -0.25) is 0 Å². The Bertz CT molecular complexity index is 1940. The van der Waals surface area contributed by atoms with Gasteiger partial charge in [0.2, 0.25) is 5.71 Å². The molecule has 4 heterocycles. The van der Waals surface area contributed by atoms with Gasteiger partial charge in [0.15, 0.2) is 0 Å². The minimum Gasteiger partial charge on any atom is -0.463 e. The number of pyridine rings is 1. The summed E-state index contributed by atoms with van der Waals surface area (Å²) >= 11 is 0. The smallest absolute Gasteiger partial charge is 0.362 e. The van der Waals surface area contributed by atoms with E-state index >= 15 is 4.39 Å². The number of nitrogens with zero attached hydrogens (tertiary/aromatic N) is 2. The quantitative estimate of drug-likeness (QED) is 0.317. The van der Waals surface area contributed by atoms with Crippen molar-refractivity contribution in [2.24, 2.45) is 0 Å². The molecule has 0 spiro atoms. The molecule has 0 bridgehead atoms. The number of rotatable bonds is 2. The largest absolute Gasteiger partial charge is 0.463 e.